The number of aromatic nitrogens is 3. The van der Waals surface area contributed by atoms with Crippen molar-refractivity contribution >= 4 is 23.4 Å². The van der Waals surface area contributed by atoms with Crippen LogP contribution in [0.15, 0.2) is 41.6 Å². The molecule has 172 valence electrons. The van der Waals surface area contributed by atoms with E-state index in [1.54, 1.807) is 4.90 Å². The highest BCUT2D eigenvalue weighted by molar-refractivity contribution is 7.99. The molecule has 8 nitrogen and oxygen atoms in total. The summed E-state index contributed by atoms with van der Waals surface area (Å²) in [5.41, 5.74) is 5.23. The number of amides is 1. The molecule has 0 saturated carbocycles. The maximum Gasteiger partial charge on any atom is 0.237 e. The molecule has 0 fully saturated rings. The summed E-state index contributed by atoms with van der Waals surface area (Å²) in [6.07, 6.45) is 0.246. The average Bonchev–Trinajstić information content (AvgIpc) is 3.12. The molecule has 1 amide bonds. The van der Waals surface area contributed by atoms with Crippen LogP contribution in [0.25, 0.3) is 0 Å². The summed E-state index contributed by atoms with van der Waals surface area (Å²) in [6.45, 7) is 8.52. The van der Waals surface area contributed by atoms with Gasteiger partial charge in [-0.3, -0.25) is 4.79 Å². The topological polar surface area (TPSA) is 110 Å². The molecule has 0 saturated heterocycles. The average molecular weight is 465 g/mol. The molecule has 3 rings (SSSR count). The van der Waals surface area contributed by atoms with Crippen LogP contribution in [0.3, 0.4) is 0 Å². The van der Waals surface area contributed by atoms with Crippen LogP contribution in [0.2, 0.25) is 0 Å². The zero-order valence-electron chi connectivity index (χ0n) is 19.3. The van der Waals surface area contributed by atoms with Crippen LogP contribution in [0, 0.1) is 39.0 Å². The van der Waals surface area contributed by atoms with Gasteiger partial charge in [-0.25, -0.2) is 4.68 Å². The Bertz CT molecular complexity index is 1160. The van der Waals surface area contributed by atoms with Crippen LogP contribution < -0.4 is 15.5 Å². The van der Waals surface area contributed by atoms with Crippen molar-refractivity contribution in [2.24, 2.45) is 0 Å². The molecule has 9 heteroatoms. The molecule has 3 aromatic rings. The Kier molecular flexibility index (Phi) is 7.96. The number of thioether (sulfide) groups is 1. The number of nitrogens with two attached hydrogens (primary N) is 1. The third-order valence-corrected chi connectivity index (χ3v) is 6.10. The number of ether oxygens (including phenoxy) is 1. The molecule has 33 heavy (non-hydrogen) atoms. The number of nitriles is 1. The Morgan fingerprint density at radius 3 is 2.52 bits per heavy atom. The fraction of sp³-hybridized carbons (Fsp3) is 0.333. The molecule has 2 aromatic carbocycles. The lowest BCUT2D eigenvalue weighted by Crippen LogP contribution is -2.33. The number of nitrogens with zero attached hydrogens (tertiary/aromatic N) is 5. The summed E-state index contributed by atoms with van der Waals surface area (Å²) in [6, 6.07) is 13.9. The van der Waals surface area contributed by atoms with Crippen molar-refractivity contribution in [2.45, 2.75) is 45.9 Å². The summed E-state index contributed by atoms with van der Waals surface area (Å²) in [7, 11) is 0. The molecular weight excluding hydrogens is 436 g/mol. The minimum absolute atomic E-state index is 0.117. The molecule has 0 bridgehead atoms. The number of rotatable bonds is 9. The Balaban J connectivity index is 1.65. The van der Waals surface area contributed by atoms with Gasteiger partial charge in [-0.05, 0) is 74.2 Å². The quantitative estimate of drug-likeness (QED) is 0.378. The van der Waals surface area contributed by atoms with Crippen LogP contribution in [0.1, 0.15) is 34.5 Å². The highest BCUT2D eigenvalue weighted by Gasteiger charge is 2.19. The molecule has 1 heterocycles. The molecular formula is C24H28N6O2S. The first-order valence-corrected chi connectivity index (χ1v) is 11.5. The van der Waals surface area contributed by atoms with Crippen LogP contribution in [0.4, 0.5) is 5.69 Å². The first kappa shape index (κ1) is 24.1. The van der Waals surface area contributed by atoms with E-state index in [0.29, 0.717) is 17.5 Å². The molecule has 0 aliphatic heterocycles. The molecule has 0 radical (unpaired) electrons. The van der Waals surface area contributed by atoms with Crippen molar-refractivity contribution in [3.8, 4) is 11.8 Å². The van der Waals surface area contributed by atoms with Gasteiger partial charge in [0.1, 0.15) is 12.4 Å². The van der Waals surface area contributed by atoms with E-state index < -0.39 is 0 Å². The zero-order chi connectivity index (χ0) is 24.0. The predicted molar refractivity (Wildman–Crippen MR) is 130 cm³/mol. The van der Waals surface area contributed by atoms with Gasteiger partial charge in [-0.2, -0.15) is 5.26 Å². The number of anilines is 1. The molecule has 0 atom stereocenters. The number of benzene rings is 2. The maximum atomic E-state index is 13.0. The number of nitrogen functional groups attached to an aromatic ring is 1. The summed E-state index contributed by atoms with van der Waals surface area (Å²) in [4.78, 5) is 14.6. The monoisotopic (exact) mass is 464 g/mol. The maximum absolute atomic E-state index is 13.0. The number of carbonyl (C=O) groups excluding carboxylic acids is 1. The van der Waals surface area contributed by atoms with Crippen molar-refractivity contribution in [2.75, 3.05) is 23.0 Å². The van der Waals surface area contributed by atoms with Crippen LogP contribution >= 0.6 is 11.8 Å². The lowest BCUT2D eigenvalue weighted by atomic mass is 10.1. The lowest BCUT2D eigenvalue weighted by Gasteiger charge is -2.22. The standard InChI is InChI=1S/C24H28N6O2S/c1-16-10-17(2)12-21(11-16)32-14-22-27-28-24(30(22)26)33-15-23(31)29(9-5-8-25)20-7-6-18(3)19(4)13-20/h6-7,10-13H,5,9,14-15,26H2,1-4H3. The highest BCUT2D eigenvalue weighted by Crippen LogP contribution is 2.23. The molecule has 1 aromatic heterocycles. The Morgan fingerprint density at radius 2 is 1.85 bits per heavy atom. The van der Waals surface area contributed by atoms with E-state index in [1.807, 2.05) is 58.0 Å². The first-order valence-electron chi connectivity index (χ1n) is 10.6. The fourth-order valence-electron chi connectivity index (χ4n) is 3.33. The van der Waals surface area contributed by atoms with Crippen molar-refractivity contribution < 1.29 is 9.53 Å². The van der Waals surface area contributed by atoms with Crippen LogP contribution in [-0.4, -0.2) is 33.1 Å². The number of aryl methyl sites for hydroxylation is 4. The van der Waals surface area contributed by atoms with E-state index in [4.69, 9.17) is 15.8 Å². The summed E-state index contributed by atoms with van der Waals surface area (Å²) >= 11 is 1.20. The van der Waals surface area contributed by atoms with Crippen molar-refractivity contribution in [1.82, 2.24) is 14.9 Å². The van der Waals surface area contributed by atoms with E-state index in [0.717, 1.165) is 33.7 Å². The summed E-state index contributed by atoms with van der Waals surface area (Å²) in [5.74, 6) is 7.32. The van der Waals surface area contributed by atoms with Gasteiger partial charge in [0, 0.05) is 12.2 Å². The van der Waals surface area contributed by atoms with Crippen molar-refractivity contribution in [3.63, 3.8) is 0 Å². The minimum atomic E-state index is -0.130. The number of carbonyl (C=O) groups is 1. The van der Waals surface area contributed by atoms with Gasteiger partial charge in [-0.15, -0.1) is 10.2 Å². The van der Waals surface area contributed by atoms with E-state index in [-0.39, 0.29) is 24.7 Å². The second-order valence-electron chi connectivity index (χ2n) is 7.89. The van der Waals surface area contributed by atoms with Crippen LogP contribution in [0.5, 0.6) is 5.75 Å². The highest BCUT2D eigenvalue weighted by atomic mass is 32.2. The van der Waals surface area contributed by atoms with Gasteiger partial charge in [0.25, 0.3) is 0 Å². The van der Waals surface area contributed by atoms with Gasteiger partial charge >= 0.3 is 0 Å². The summed E-state index contributed by atoms with van der Waals surface area (Å²) < 4.78 is 7.16. The Labute approximate surface area is 198 Å². The molecule has 0 spiro atoms. The van der Waals surface area contributed by atoms with Gasteiger partial charge in [-0.1, -0.05) is 23.9 Å². The third-order valence-electron chi connectivity index (χ3n) is 5.17. The van der Waals surface area contributed by atoms with Gasteiger partial charge in [0.05, 0.1) is 18.2 Å². The molecule has 0 unspecified atom stereocenters. The molecule has 2 N–H and O–H groups in total. The Morgan fingerprint density at radius 1 is 1.12 bits per heavy atom. The number of hydrogen-bond acceptors (Lipinski definition) is 7. The minimum Gasteiger partial charge on any atom is -0.486 e. The van der Waals surface area contributed by atoms with E-state index in [9.17, 15) is 4.79 Å². The second-order valence-corrected chi connectivity index (χ2v) is 8.83. The van der Waals surface area contributed by atoms with Crippen molar-refractivity contribution in [1.29, 1.82) is 5.26 Å². The molecule has 0 aliphatic carbocycles. The van der Waals surface area contributed by atoms with Gasteiger partial charge < -0.3 is 15.5 Å². The van der Waals surface area contributed by atoms with E-state index in [1.165, 1.54) is 16.4 Å². The second kappa shape index (κ2) is 10.9. The zero-order valence-corrected chi connectivity index (χ0v) is 20.1. The van der Waals surface area contributed by atoms with Crippen LogP contribution in [-0.2, 0) is 11.4 Å². The third kappa shape index (κ3) is 6.26. The largest absolute Gasteiger partial charge is 0.486 e. The van der Waals surface area contributed by atoms with Crippen molar-refractivity contribution in [3.05, 3.63) is 64.5 Å². The Hall–Kier alpha value is -3.51. The normalized spacial score (nSPS) is 10.6. The van der Waals surface area contributed by atoms with Gasteiger partial charge in [0.2, 0.25) is 11.1 Å². The molecule has 0 aliphatic rings. The fourth-order valence-corrected chi connectivity index (χ4v) is 4.08. The van der Waals surface area contributed by atoms with E-state index >= 15 is 0 Å². The SMILES string of the molecule is Cc1cc(C)cc(OCc2nnc(SCC(=O)N(CCC#N)c3ccc(C)c(C)c3)n2N)c1. The van der Waals surface area contributed by atoms with Gasteiger partial charge in [0.15, 0.2) is 5.82 Å². The lowest BCUT2D eigenvalue weighted by molar-refractivity contribution is -0.116. The number of hydrogen-bond donors (Lipinski definition) is 1. The predicted octanol–water partition coefficient (Wildman–Crippen LogP) is 3.84. The van der Waals surface area contributed by atoms with E-state index in [2.05, 4.69) is 22.3 Å². The smallest absolute Gasteiger partial charge is 0.237 e. The first-order chi connectivity index (χ1) is 15.8. The summed E-state index contributed by atoms with van der Waals surface area (Å²) in [5, 5.41) is 17.6.